The maximum Gasteiger partial charge on any atom is 0.191 e. The monoisotopic (exact) mass is 244 g/mol. The third-order valence-corrected chi connectivity index (χ3v) is 8.42. The van der Waals surface area contributed by atoms with E-state index in [0.29, 0.717) is 6.61 Å². The van der Waals surface area contributed by atoms with Crippen molar-refractivity contribution in [2.45, 2.75) is 58.4 Å². The Bertz CT molecular complexity index is 182. The zero-order valence-corrected chi connectivity index (χ0v) is 12.3. The lowest BCUT2D eigenvalue weighted by atomic mass is 10.0. The molecule has 3 heteroatoms. The molecule has 0 rings (SSSR count). The van der Waals surface area contributed by atoms with E-state index in [-0.39, 0.29) is 12.0 Å². The van der Waals surface area contributed by atoms with Gasteiger partial charge in [0, 0.05) is 6.61 Å². The number of hydrogen-bond acceptors (Lipinski definition) is 2. The van der Waals surface area contributed by atoms with E-state index in [0.717, 1.165) is 6.42 Å². The van der Waals surface area contributed by atoms with Crippen LogP contribution in [0.4, 0.5) is 0 Å². The molecule has 0 saturated carbocycles. The highest BCUT2D eigenvalue weighted by molar-refractivity contribution is 6.73. The first-order valence-electron chi connectivity index (χ1n) is 6.49. The summed E-state index contributed by atoms with van der Waals surface area (Å²) in [6.45, 7) is 13.1. The lowest BCUT2D eigenvalue weighted by Gasteiger charge is -2.28. The molecule has 0 aliphatic rings. The Morgan fingerprint density at radius 1 is 1.25 bits per heavy atom. The molecule has 0 fully saturated rings. The molecule has 0 aromatic heterocycles. The van der Waals surface area contributed by atoms with Crippen LogP contribution in [0.25, 0.3) is 0 Å². The second-order valence-corrected chi connectivity index (χ2v) is 9.32. The SMILES string of the molecule is C=C[C@H](C)[C@@H](O)CCO[Si](CC)(CC)CC. The van der Waals surface area contributed by atoms with Crippen molar-refractivity contribution < 1.29 is 9.53 Å². The number of hydrogen-bond donors (Lipinski definition) is 1. The van der Waals surface area contributed by atoms with Gasteiger partial charge >= 0.3 is 0 Å². The van der Waals surface area contributed by atoms with E-state index in [1.807, 2.05) is 6.92 Å². The molecule has 2 atom stereocenters. The summed E-state index contributed by atoms with van der Waals surface area (Å²) >= 11 is 0. The summed E-state index contributed by atoms with van der Waals surface area (Å²) in [5.41, 5.74) is 0. The normalized spacial score (nSPS) is 15.8. The minimum atomic E-state index is -1.47. The van der Waals surface area contributed by atoms with Crippen LogP contribution >= 0.6 is 0 Å². The fraction of sp³-hybridized carbons (Fsp3) is 0.846. The van der Waals surface area contributed by atoms with Crippen molar-refractivity contribution >= 4 is 8.32 Å². The minimum Gasteiger partial charge on any atom is -0.417 e. The van der Waals surface area contributed by atoms with Gasteiger partial charge in [-0.1, -0.05) is 33.8 Å². The zero-order chi connectivity index (χ0) is 12.6. The summed E-state index contributed by atoms with van der Waals surface area (Å²) in [5, 5.41) is 9.80. The van der Waals surface area contributed by atoms with Crippen LogP contribution in [0.1, 0.15) is 34.1 Å². The van der Waals surface area contributed by atoms with Gasteiger partial charge in [0.25, 0.3) is 0 Å². The molecular formula is C13H28O2Si. The van der Waals surface area contributed by atoms with Gasteiger partial charge in [0.15, 0.2) is 8.32 Å². The van der Waals surface area contributed by atoms with Gasteiger partial charge in [0.1, 0.15) is 0 Å². The predicted octanol–water partition coefficient (Wildman–Crippen LogP) is 3.58. The smallest absolute Gasteiger partial charge is 0.191 e. The maximum absolute atomic E-state index is 9.80. The summed E-state index contributed by atoms with van der Waals surface area (Å²) in [6.07, 6.45) is 2.21. The van der Waals surface area contributed by atoms with Crippen LogP contribution in [0, 0.1) is 5.92 Å². The topological polar surface area (TPSA) is 29.5 Å². The predicted molar refractivity (Wildman–Crippen MR) is 73.1 cm³/mol. The molecule has 0 aliphatic heterocycles. The summed E-state index contributed by atoms with van der Waals surface area (Å²) in [6, 6.07) is 3.52. The van der Waals surface area contributed by atoms with Gasteiger partial charge in [-0.25, -0.2) is 0 Å². The molecule has 0 spiro atoms. The first-order valence-corrected chi connectivity index (χ1v) is 9.02. The average Bonchev–Trinajstić information content (AvgIpc) is 2.34. The van der Waals surface area contributed by atoms with E-state index in [1.54, 1.807) is 6.08 Å². The summed E-state index contributed by atoms with van der Waals surface area (Å²) in [5.74, 6) is 0.157. The summed E-state index contributed by atoms with van der Waals surface area (Å²) in [4.78, 5) is 0. The van der Waals surface area contributed by atoms with E-state index in [2.05, 4.69) is 27.4 Å². The molecule has 0 radical (unpaired) electrons. The molecule has 0 aliphatic carbocycles. The van der Waals surface area contributed by atoms with E-state index < -0.39 is 8.32 Å². The Morgan fingerprint density at radius 2 is 1.75 bits per heavy atom. The highest BCUT2D eigenvalue weighted by atomic mass is 28.4. The van der Waals surface area contributed by atoms with Gasteiger partial charge in [0.2, 0.25) is 0 Å². The molecule has 0 aromatic carbocycles. The van der Waals surface area contributed by atoms with E-state index in [1.165, 1.54) is 18.1 Å². The molecule has 1 N–H and O–H groups in total. The Balaban J connectivity index is 3.99. The first-order chi connectivity index (χ1) is 7.55. The van der Waals surface area contributed by atoms with Crippen molar-refractivity contribution in [2.24, 2.45) is 5.92 Å². The standard InChI is InChI=1S/C13H28O2Si/c1-6-12(5)13(14)10-11-15-16(7-2,8-3)9-4/h6,12-14H,1,7-11H2,2-5H3/t12-,13-/m0/s1. The Hall–Kier alpha value is -0.123. The van der Waals surface area contributed by atoms with Crippen molar-refractivity contribution in [3.8, 4) is 0 Å². The van der Waals surface area contributed by atoms with Gasteiger partial charge in [-0.05, 0) is 30.5 Å². The van der Waals surface area contributed by atoms with Crippen LogP contribution in [0.2, 0.25) is 18.1 Å². The maximum atomic E-state index is 9.80. The van der Waals surface area contributed by atoms with Gasteiger partial charge in [-0.2, -0.15) is 0 Å². The second kappa shape index (κ2) is 8.04. The molecule has 96 valence electrons. The van der Waals surface area contributed by atoms with Crippen LogP contribution in [0.3, 0.4) is 0 Å². The van der Waals surface area contributed by atoms with Crippen LogP contribution in [0.5, 0.6) is 0 Å². The van der Waals surface area contributed by atoms with Crippen molar-refractivity contribution in [3.05, 3.63) is 12.7 Å². The van der Waals surface area contributed by atoms with E-state index in [4.69, 9.17) is 4.43 Å². The lowest BCUT2D eigenvalue weighted by molar-refractivity contribution is 0.106. The molecule has 16 heavy (non-hydrogen) atoms. The molecule has 0 heterocycles. The average molecular weight is 244 g/mol. The van der Waals surface area contributed by atoms with E-state index in [9.17, 15) is 5.11 Å². The fourth-order valence-corrected chi connectivity index (χ4v) is 4.54. The molecule has 0 aromatic rings. The van der Waals surface area contributed by atoms with Gasteiger partial charge in [-0.15, -0.1) is 6.58 Å². The van der Waals surface area contributed by atoms with Crippen LogP contribution in [-0.4, -0.2) is 26.1 Å². The Labute approximate surface area is 102 Å². The lowest BCUT2D eigenvalue weighted by Crippen LogP contribution is -2.36. The Kier molecular flexibility index (Phi) is 7.98. The number of aliphatic hydroxyl groups is 1. The van der Waals surface area contributed by atoms with Gasteiger partial charge < -0.3 is 9.53 Å². The highest BCUT2D eigenvalue weighted by Gasteiger charge is 2.28. The quantitative estimate of drug-likeness (QED) is 0.496. The third-order valence-electron chi connectivity index (χ3n) is 3.73. The van der Waals surface area contributed by atoms with Crippen LogP contribution in [-0.2, 0) is 4.43 Å². The van der Waals surface area contributed by atoms with Crippen molar-refractivity contribution in [2.75, 3.05) is 6.61 Å². The van der Waals surface area contributed by atoms with Gasteiger partial charge in [0.05, 0.1) is 6.10 Å². The van der Waals surface area contributed by atoms with Gasteiger partial charge in [-0.3, -0.25) is 0 Å². The van der Waals surface area contributed by atoms with Crippen molar-refractivity contribution in [1.29, 1.82) is 0 Å². The van der Waals surface area contributed by atoms with E-state index >= 15 is 0 Å². The molecule has 0 amide bonds. The van der Waals surface area contributed by atoms with Crippen LogP contribution < -0.4 is 0 Å². The molecule has 0 bridgehead atoms. The molecular weight excluding hydrogens is 216 g/mol. The first kappa shape index (κ1) is 15.9. The number of aliphatic hydroxyl groups excluding tert-OH is 1. The number of rotatable bonds is 9. The zero-order valence-electron chi connectivity index (χ0n) is 11.3. The largest absolute Gasteiger partial charge is 0.417 e. The molecule has 0 saturated heterocycles. The van der Waals surface area contributed by atoms with Crippen molar-refractivity contribution in [1.82, 2.24) is 0 Å². The summed E-state index contributed by atoms with van der Waals surface area (Å²) < 4.78 is 6.09. The second-order valence-electron chi connectivity index (χ2n) is 4.54. The highest BCUT2D eigenvalue weighted by Crippen LogP contribution is 2.22. The van der Waals surface area contributed by atoms with Crippen molar-refractivity contribution in [3.63, 3.8) is 0 Å². The summed E-state index contributed by atoms with van der Waals surface area (Å²) in [7, 11) is -1.47. The minimum absolute atomic E-state index is 0.157. The van der Waals surface area contributed by atoms with Crippen LogP contribution in [0.15, 0.2) is 12.7 Å². The fourth-order valence-electron chi connectivity index (χ4n) is 1.87. The third kappa shape index (κ3) is 4.81. The molecule has 2 nitrogen and oxygen atoms in total. The Morgan fingerprint density at radius 3 is 2.12 bits per heavy atom. The molecule has 0 unspecified atom stereocenters.